The second kappa shape index (κ2) is 2.73. The molecule has 1 N–H and O–H groups in total. The highest BCUT2D eigenvalue weighted by atomic mass is 16.6. The van der Waals surface area contributed by atoms with Gasteiger partial charge in [-0.1, -0.05) is 6.08 Å². The molecule has 1 aliphatic heterocycles. The molecular formula is C7H11NO2. The number of amides is 1. The number of nitrogens with one attached hydrogen (secondary N) is 1. The Hall–Kier alpha value is -0.990. The average Bonchev–Trinajstić information content (AvgIpc) is 2.13. The Bertz CT molecular complexity index is 156. The van der Waals surface area contributed by atoms with E-state index in [1.54, 1.807) is 6.08 Å². The molecule has 0 aromatic rings. The maximum atomic E-state index is 10.6. The van der Waals surface area contributed by atoms with E-state index in [1.165, 1.54) is 0 Å². The molecule has 1 aliphatic rings. The van der Waals surface area contributed by atoms with E-state index in [0.29, 0.717) is 0 Å². The van der Waals surface area contributed by atoms with Crippen LogP contribution in [0.3, 0.4) is 0 Å². The van der Waals surface area contributed by atoms with Crippen LogP contribution < -0.4 is 5.32 Å². The van der Waals surface area contributed by atoms with E-state index in [2.05, 4.69) is 11.9 Å². The van der Waals surface area contributed by atoms with Gasteiger partial charge in [-0.2, -0.15) is 0 Å². The van der Waals surface area contributed by atoms with Crippen LogP contribution in [0, 0.1) is 0 Å². The van der Waals surface area contributed by atoms with Crippen LogP contribution in [0.25, 0.3) is 0 Å². The van der Waals surface area contributed by atoms with E-state index in [0.717, 1.165) is 6.42 Å². The van der Waals surface area contributed by atoms with Gasteiger partial charge in [0.1, 0.15) is 6.10 Å². The molecule has 0 radical (unpaired) electrons. The largest absolute Gasteiger partial charge is 0.444 e. The summed E-state index contributed by atoms with van der Waals surface area (Å²) in [6.45, 7) is 5.48. The zero-order valence-electron chi connectivity index (χ0n) is 5.96. The van der Waals surface area contributed by atoms with Gasteiger partial charge < -0.3 is 10.1 Å². The summed E-state index contributed by atoms with van der Waals surface area (Å²) in [6.07, 6.45) is 2.13. The number of alkyl carbamates (subject to hydrolysis) is 1. The Morgan fingerprint density at radius 3 is 3.00 bits per heavy atom. The van der Waals surface area contributed by atoms with E-state index >= 15 is 0 Å². The molecule has 0 bridgehead atoms. The van der Waals surface area contributed by atoms with E-state index in [4.69, 9.17) is 4.74 Å². The second-order valence-electron chi connectivity index (χ2n) is 2.40. The highest BCUT2D eigenvalue weighted by Crippen LogP contribution is 2.11. The molecule has 0 saturated carbocycles. The molecule has 3 nitrogen and oxygen atoms in total. The number of rotatable bonds is 2. The minimum Gasteiger partial charge on any atom is -0.444 e. The molecule has 1 amide bonds. The van der Waals surface area contributed by atoms with Crippen LogP contribution >= 0.6 is 0 Å². The Labute approximate surface area is 60.1 Å². The van der Waals surface area contributed by atoms with Crippen molar-refractivity contribution in [3.05, 3.63) is 12.7 Å². The number of ether oxygens (including phenoxy) is 1. The number of carbonyl (C=O) groups is 1. The molecule has 0 aromatic carbocycles. The fourth-order valence-electron chi connectivity index (χ4n) is 0.969. The third-order valence-electron chi connectivity index (χ3n) is 1.56. The summed E-state index contributed by atoms with van der Waals surface area (Å²) in [5.41, 5.74) is 0. The predicted octanol–water partition coefficient (Wildman–Crippen LogP) is 1.06. The van der Waals surface area contributed by atoms with Gasteiger partial charge in [-0.25, -0.2) is 4.79 Å². The molecule has 0 aromatic heterocycles. The van der Waals surface area contributed by atoms with Gasteiger partial charge in [0.05, 0.1) is 6.04 Å². The molecule has 1 saturated heterocycles. The molecule has 1 heterocycles. The maximum absolute atomic E-state index is 10.6. The van der Waals surface area contributed by atoms with Crippen molar-refractivity contribution in [2.75, 3.05) is 0 Å². The van der Waals surface area contributed by atoms with Gasteiger partial charge in [-0.05, 0) is 6.92 Å². The summed E-state index contributed by atoms with van der Waals surface area (Å²) in [4.78, 5) is 10.6. The van der Waals surface area contributed by atoms with Crippen molar-refractivity contribution in [3.8, 4) is 0 Å². The summed E-state index contributed by atoms with van der Waals surface area (Å²) in [6, 6.07) is 0.116. The first-order chi connectivity index (χ1) is 4.74. The minimum atomic E-state index is -0.320. The molecule has 0 aliphatic carbocycles. The lowest BCUT2D eigenvalue weighted by atomic mass is 10.1. The topological polar surface area (TPSA) is 38.3 Å². The van der Waals surface area contributed by atoms with Crippen LogP contribution in [-0.2, 0) is 4.74 Å². The molecule has 2 atom stereocenters. The Kier molecular flexibility index (Phi) is 1.94. The molecule has 1 fully saturated rings. The fraction of sp³-hybridized carbons (Fsp3) is 0.571. The van der Waals surface area contributed by atoms with Crippen molar-refractivity contribution in [2.24, 2.45) is 0 Å². The summed E-state index contributed by atoms with van der Waals surface area (Å²) in [7, 11) is 0. The van der Waals surface area contributed by atoms with Gasteiger partial charge in [0.2, 0.25) is 0 Å². The molecular weight excluding hydrogens is 130 g/mol. The predicted molar refractivity (Wildman–Crippen MR) is 37.7 cm³/mol. The van der Waals surface area contributed by atoms with Crippen LogP contribution in [0.5, 0.6) is 0 Å². The van der Waals surface area contributed by atoms with Crippen molar-refractivity contribution in [3.63, 3.8) is 0 Å². The molecule has 10 heavy (non-hydrogen) atoms. The van der Waals surface area contributed by atoms with Gasteiger partial charge in [-0.3, -0.25) is 0 Å². The van der Waals surface area contributed by atoms with Crippen molar-refractivity contribution in [1.29, 1.82) is 0 Å². The van der Waals surface area contributed by atoms with Crippen LogP contribution in [-0.4, -0.2) is 18.2 Å². The Morgan fingerprint density at radius 1 is 1.90 bits per heavy atom. The number of hydrogen-bond donors (Lipinski definition) is 1. The second-order valence-corrected chi connectivity index (χ2v) is 2.40. The average molecular weight is 141 g/mol. The van der Waals surface area contributed by atoms with Crippen molar-refractivity contribution in [1.82, 2.24) is 5.32 Å². The summed E-state index contributed by atoms with van der Waals surface area (Å²) in [5, 5.41) is 2.64. The zero-order valence-corrected chi connectivity index (χ0v) is 5.96. The smallest absolute Gasteiger partial charge is 0.407 e. The lowest BCUT2D eigenvalue weighted by Gasteiger charge is -2.08. The lowest BCUT2D eigenvalue weighted by Crippen LogP contribution is -2.27. The van der Waals surface area contributed by atoms with Crippen LogP contribution in [0.2, 0.25) is 0 Å². The number of cyclic esters (lactones) is 1. The van der Waals surface area contributed by atoms with Crippen LogP contribution in [0.4, 0.5) is 4.79 Å². The van der Waals surface area contributed by atoms with E-state index in [-0.39, 0.29) is 18.2 Å². The molecule has 1 rings (SSSR count). The van der Waals surface area contributed by atoms with Gasteiger partial charge >= 0.3 is 6.09 Å². The molecule has 56 valence electrons. The SMILES string of the molecule is C=CC[C@@H]1OC(=O)N[C@H]1C. The molecule has 3 heteroatoms. The minimum absolute atomic E-state index is 0.0231. The first kappa shape index (κ1) is 7.12. The van der Waals surface area contributed by atoms with Gasteiger partial charge in [0.15, 0.2) is 0 Å². The third-order valence-corrected chi connectivity index (χ3v) is 1.56. The highest BCUT2D eigenvalue weighted by Gasteiger charge is 2.28. The monoisotopic (exact) mass is 141 g/mol. The normalized spacial score (nSPS) is 31.1. The van der Waals surface area contributed by atoms with Crippen LogP contribution in [0.1, 0.15) is 13.3 Å². The van der Waals surface area contributed by atoms with Crippen LogP contribution in [0.15, 0.2) is 12.7 Å². The number of carbonyl (C=O) groups excluding carboxylic acids is 1. The van der Waals surface area contributed by atoms with E-state index in [1.807, 2.05) is 6.92 Å². The lowest BCUT2D eigenvalue weighted by molar-refractivity contribution is 0.134. The first-order valence-corrected chi connectivity index (χ1v) is 3.32. The maximum Gasteiger partial charge on any atom is 0.407 e. The van der Waals surface area contributed by atoms with Crippen molar-refractivity contribution < 1.29 is 9.53 Å². The highest BCUT2D eigenvalue weighted by molar-refractivity contribution is 5.70. The molecule has 0 unspecified atom stereocenters. The zero-order chi connectivity index (χ0) is 7.56. The quantitative estimate of drug-likeness (QED) is 0.584. The van der Waals surface area contributed by atoms with Crippen molar-refractivity contribution >= 4 is 6.09 Å². The number of hydrogen-bond acceptors (Lipinski definition) is 2. The summed E-state index contributed by atoms with van der Waals surface area (Å²) >= 11 is 0. The standard InChI is InChI=1S/C7H11NO2/c1-3-4-6-5(2)8-7(9)10-6/h3,5-6H,1,4H2,2H3,(H,8,9)/t5-,6-/m0/s1. The first-order valence-electron chi connectivity index (χ1n) is 3.32. The van der Waals surface area contributed by atoms with Gasteiger partial charge in [0.25, 0.3) is 0 Å². The van der Waals surface area contributed by atoms with Gasteiger partial charge in [0, 0.05) is 6.42 Å². The fourth-order valence-corrected chi connectivity index (χ4v) is 0.969. The van der Waals surface area contributed by atoms with E-state index < -0.39 is 0 Å². The third kappa shape index (κ3) is 1.29. The Morgan fingerprint density at radius 2 is 2.60 bits per heavy atom. The Balaban J connectivity index is 2.45. The van der Waals surface area contributed by atoms with E-state index in [9.17, 15) is 4.79 Å². The molecule has 0 spiro atoms. The summed E-state index contributed by atoms with van der Waals surface area (Å²) < 4.78 is 4.89. The summed E-state index contributed by atoms with van der Waals surface area (Å²) in [5.74, 6) is 0. The van der Waals surface area contributed by atoms with Gasteiger partial charge in [-0.15, -0.1) is 6.58 Å². The van der Waals surface area contributed by atoms with Crippen molar-refractivity contribution in [2.45, 2.75) is 25.5 Å².